The lowest BCUT2D eigenvalue weighted by atomic mass is 9.95. The number of rotatable bonds is 11. The molecule has 0 spiro atoms. The number of anilines is 1. The van der Waals surface area contributed by atoms with Crippen molar-refractivity contribution < 1.29 is 36.3 Å². The lowest BCUT2D eigenvalue weighted by Gasteiger charge is -2.38. The molecule has 2 unspecified atom stereocenters. The number of ether oxygens (including phenoxy) is 2. The van der Waals surface area contributed by atoms with E-state index >= 15 is 8.78 Å². The number of piperazine rings is 1. The van der Waals surface area contributed by atoms with Crippen LogP contribution in [0.2, 0.25) is 16.6 Å². The van der Waals surface area contributed by atoms with Crippen molar-refractivity contribution in [2.24, 2.45) is 5.41 Å². The molecule has 2 aromatic carbocycles. The molecule has 14 heteroatoms. The number of methoxy groups -OCH3 is 1. The van der Waals surface area contributed by atoms with Crippen LogP contribution in [0.3, 0.4) is 0 Å². The number of aromatic nitrogens is 3. The number of aromatic hydroxyl groups is 1. The monoisotopic (exact) mass is 847 g/mol. The van der Waals surface area contributed by atoms with E-state index in [0.29, 0.717) is 51.0 Å². The first kappa shape index (κ1) is 38.5. The molecule has 2 atom stereocenters. The van der Waals surface area contributed by atoms with Gasteiger partial charge in [-0.05, 0) is 84.3 Å². The van der Waals surface area contributed by atoms with Crippen LogP contribution in [0.25, 0.3) is 32.9 Å². The molecule has 4 aromatic rings. The fourth-order valence-electron chi connectivity index (χ4n) is 10.3. The normalized spacial score (nSPS) is 21.3. The highest BCUT2D eigenvalue weighted by Gasteiger charge is 2.46. The lowest BCUT2D eigenvalue weighted by molar-refractivity contribution is 0.146. The van der Waals surface area contributed by atoms with Gasteiger partial charge in [-0.1, -0.05) is 53.5 Å². The molecular weight excluding hydrogens is 789 g/mol. The Balaban J connectivity index is 1.30. The van der Waals surface area contributed by atoms with Gasteiger partial charge in [-0.3, -0.25) is 0 Å². The average Bonchev–Trinajstić information content (AvgIpc) is 3.90. The van der Waals surface area contributed by atoms with Gasteiger partial charge in [0.25, 0.3) is 6.08 Å². The Kier molecular flexibility index (Phi) is 10.5. The van der Waals surface area contributed by atoms with Crippen molar-refractivity contribution in [1.29, 1.82) is 0 Å². The summed E-state index contributed by atoms with van der Waals surface area (Å²) < 4.78 is 97.1. The largest absolute Gasteiger partial charge is 0.508 e. The van der Waals surface area contributed by atoms with Crippen molar-refractivity contribution in [3.63, 3.8) is 0 Å². The van der Waals surface area contributed by atoms with Gasteiger partial charge in [0.15, 0.2) is 5.82 Å². The molecule has 5 heterocycles. The third kappa shape index (κ3) is 7.81. The molecule has 4 fully saturated rings. The highest BCUT2D eigenvalue weighted by Crippen LogP contribution is 2.48. The van der Waals surface area contributed by atoms with E-state index in [9.17, 15) is 13.9 Å². The number of benzene rings is 2. The molecule has 3 saturated heterocycles. The number of likely N-dealkylation sites (tertiary alicyclic amines) is 1. The zero-order chi connectivity index (χ0) is 45.2. The molecule has 8 rings (SSSR count). The number of nitrogens with one attached hydrogen (secondary N) is 1. The number of halogens is 4. The van der Waals surface area contributed by atoms with Crippen molar-refractivity contribution in [3.8, 4) is 40.4 Å². The Morgan fingerprint density at radius 1 is 0.983 bits per heavy atom. The first-order valence-corrected chi connectivity index (χ1v) is 23.5. The summed E-state index contributed by atoms with van der Waals surface area (Å²) in [5, 5.41) is 15.2. The molecule has 9 nitrogen and oxygen atoms in total. The minimum atomic E-state index is -3.04. The summed E-state index contributed by atoms with van der Waals surface area (Å²) in [5.41, 5.74) is 3.46. The van der Waals surface area contributed by atoms with Gasteiger partial charge < -0.3 is 29.7 Å². The van der Waals surface area contributed by atoms with Crippen LogP contribution in [0.1, 0.15) is 89.7 Å². The van der Waals surface area contributed by atoms with Crippen molar-refractivity contribution in [3.05, 3.63) is 53.1 Å². The number of hydrogen-bond acceptors (Lipinski definition) is 9. The van der Waals surface area contributed by atoms with Gasteiger partial charge in [0, 0.05) is 61.2 Å². The van der Waals surface area contributed by atoms with E-state index in [2.05, 4.69) is 73.2 Å². The summed E-state index contributed by atoms with van der Waals surface area (Å²) in [7, 11) is -5.44. The summed E-state index contributed by atoms with van der Waals surface area (Å²) in [6.45, 7) is 15.7. The smallest absolute Gasteiger partial charge is 0.319 e. The van der Waals surface area contributed by atoms with E-state index in [4.69, 9.17) is 18.6 Å². The summed E-state index contributed by atoms with van der Waals surface area (Å²) in [4.78, 5) is 18.2. The predicted octanol–water partition coefficient (Wildman–Crippen LogP) is 9.75. The number of hydrogen-bond donors (Lipinski definition) is 2. The van der Waals surface area contributed by atoms with Crippen molar-refractivity contribution in [1.82, 2.24) is 25.2 Å². The second-order valence-electron chi connectivity index (χ2n) is 18.4. The standard InChI is InChI=1S/C46H56F4N6O3Si/c1-26(2)60(27(3)4,28(5)6)19-14-34-36(47)11-8-30-20-33(57)21-35(37(30)34)40-39(48)41-38(44(52-40)58-7)43(56-22-31-9-10-32(23-56)51-31)54-45(53-41)59-25-46(15-16-46)24-55-17-12-29(13-18-55)42(49)50/h8,11,20-21,26-28,31-32,51,57H,9-10,12-13,15-18,22-25H2,1-7H3/i7D3. The van der Waals surface area contributed by atoms with Gasteiger partial charge in [-0.2, -0.15) is 18.7 Å². The van der Waals surface area contributed by atoms with E-state index in [1.165, 1.54) is 24.3 Å². The zero-order valence-corrected chi connectivity index (χ0v) is 36.2. The number of fused-ring (bicyclic) bond motifs is 4. The predicted molar refractivity (Wildman–Crippen MR) is 231 cm³/mol. The zero-order valence-electron chi connectivity index (χ0n) is 38.2. The van der Waals surface area contributed by atoms with E-state index in [1.807, 2.05) is 4.90 Å². The van der Waals surface area contributed by atoms with Crippen LogP contribution >= 0.6 is 0 Å². The van der Waals surface area contributed by atoms with Crippen molar-refractivity contribution in [2.75, 3.05) is 51.3 Å². The summed E-state index contributed by atoms with van der Waals surface area (Å²) in [6.07, 6.45) is 2.53. The van der Waals surface area contributed by atoms with Crippen molar-refractivity contribution in [2.45, 2.75) is 109 Å². The maximum Gasteiger partial charge on any atom is 0.319 e. The van der Waals surface area contributed by atoms with Crippen LogP contribution < -0.4 is 19.7 Å². The highest BCUT2D eigenvalue weighted by atomic mass is 28.3. The molecule has 2 N–H and O–H groups in total. The minimum Gasteiger partial charge on any atom is -0.508 e. The maximum absolute atomic E-state index is 17.8. The molecule has 0 radical (unpaired) electrons. The second-order valence-corrected chi connectivity index (χ2v) is 23.9. The number of phenols is 1. The summed E-state index contributed by atoms with van der Waals surface area (Å²) in [6, 6.07) is 5.55. The average molecular weight is 848 g/mol. The number of phenolic OH excluding ortho intramolecular Hbond substituents is 1. The van der Waals surface area contributed by atoms with Gasteiger partial charge in [0.2, 0.25) is 5.88 Å². The molecular formula is C46H56F4N6O3Si. The fraction of sp³-hybridized carbons (Fsp3) is 0.543. The van der Waals surface area contributed by atoms with E-state index in [0.717, 1.165) is 25.7 Å². The Bertz CT molecular complexity index is 2480. The van der Waals surface area contributed by atoms with Gasteiger partial charge in [-0.25, -0.2) is 13.8 Å². The van der Waals surface area contributed by atoms with Gasteiger partial charge in [0.05, 0.1) is 23.3 Å². The minimum absolute atomic E-state index is 0.00936. The summed E-state index contributed by atoms with van der Waals surface area (Å²) in [5.74, 6) is 1.09. The Labute approximate surface area is 355 Å². The Morgan fingerprint density at radius 3 is 2.28 bits per heavy atom. The van der Waals surface area contributed by atoms with Crippen LogP contribution in [-0.4, -0.2) is 91.5 Å². The first-order valence-electron chi connectivity index (χ1n) is 22.8. The highest BCUT2D eigenvalue weighted by molar-refractivity contribution is 6.90. The molecule has 2 bridgehead atoms. The van der Waals surface area contributed by atoms with Gasteiger partial charge in [-0.15, -0.1) is 5.54 Å². The SMILES string of the molecule is [2H]C([2H])([2H])Oc1nc(-c2cc(O)cc3ccc(F)c(C#C[Si](C(C)C)(C(C)C)C(C)C)c23)c(F)c2nc(OCC3(CN4CCC(=C(F)F)CC4)CC3)nc(N3CC4CCC(C3)N4)c12. The third-order valence-corrected chi connectivity index (χ3v) is 19.9. The summed E-state index contributed by atoms with van der Waals surface area (Å²) >= 11 is 0. The molecule has 2 aromatic heterocycles. The van der Waals surface area contributed by atoms with E-state index in [-0.39, 0.29) is 91.3 Å². The Hall–Kier alpha value is -4.45. The van der Waals surface area contributed by atoms with Gasteiger partial charge in [0.1, 0.15) is 42.1 Å². The van der Waals surface area contributed by atoms with E-state index in [1.54, 1.807) is 0 Å². The molecule has 0 amide bonds. The second kappa shape index (κ2) is 16.4. The van der Waals surface area contributed by atoms with Crippen LogP contribution in [0, 0.1) is 28.5 Å². The number of pyridine rings is 1. The molecule has 320 valence electrons. The van der Waals surface area contributed by atoms with Crippen LogP contribution in [0.4, 0.5) is 23.4 Å². The molecule has 1 aliphatic carbocycles. The maximum atomic E-state index is 17.8. The first-order chi connectivity index (χ1) is 29.8. The fourth-order valence-corrected chi connectivity index (χ4v) is 15.6. The number of nitrogens with zero attached hydrogens (tertiary/aromatic N) is 5. The van der Waals surface area contributed by atoms with Crippen LogP contribution in [0.15, 0.2) is 35.9 Å². The van der Waals surface area contributed by atoms with Crippen molar-refractivity contribution >= 4 is 35.6 Å². The molecule has 1 saturated carbocycles. The van der Waals surface area contributed by atoms with Crippen LogP contribution in [-0.2, 0) is 0 Å². The van der Waals surface area contributed by atoms with E-state index < -0.39 is 44.4 Å². The molecule has 60 heavy (non-hydrogen) atoms. The third-order valence-electron chi connectivity index (χ3n) is 13.7. The molecule has 4 aliphatic rings. The lowest BCUT2D eigenvalue weighted by Crippen LogP contribution is -2.51. The number of piperidine rings is 1. The quantitative estimate of drug-likeness (QED) is 0.0870. The van der Waals surface area contributed by atoms with Gasteiger partial charge >= 0.3 is 6.01 Å². The Morgan fingerprint density at radius 2 is 1.67 bits per heavy atom. The molecule has 3 aliphatic heterocycles. The van der Waals surface area contributed by atoms with Crippen LogP contribution in [0.5, 0.6) is 17.6 Å². The topological polar surface area (TPSA) is 95.9 Å².